The summed E-state index contributed by atoms with van der Waals surface area (Å²) in [6.45, 7) is 12.6. The fourth-order valence-corrected chi connectivity index (χ4v) is 7.82. The van der Waals surface area contributed by atoms with Gasteiger partial charge in [0.2, 0.25) is 17.7 Å². The van der Waals surface area contributed by atoms with Crippen molar-refractivity contribution < 1.29 is 33.4 Å². The van der Waals surface area contributed by atoms with Crippen LogP contribution in [0.4, 0.5) is 0 Å². The Morgan fingerprint density at radius 3 is 2.18 bits per heavy atom. The van der Waals surface area contributed by atoms with Gasteiger partial charge in [-0.2, -0.15) is 0 Å². The highest BCUT2D eigenvalue weighted by Gasteiger charge is 2.44. The van der Waals surface area contributed by atoms with Gasteiger partial charge < -0.3 is 24.6 Å². The Labute approximate surface area is 304 Å². The third-order valence-electron chi connectivity index (χ3n) is 11.0. The first-order chi connectivity index (χ1) is 24.1. The molecule has 1 aromatic rings. The molecule has 4 rings (SSSR count). The number of nitrogens with one attached hydrogen (secondary N) is 1. The number of esters is 2. The number of hydrogen-bond acceptors (Lipinski definition) is 9. The summed E-state index contributed by atoms with van der Waals surface area (Å²) in [5.74, 6) is -1.29. The molecular weight excluding hydrogens is 650 g/mol. The monoisotopic (exact) mass is 711 g/mol. The molecule has 3 saturated heterocycles. The van der Waals surface area contributed by atoms with Crippen LogP contribution in [0.5, 0.6) is 0 Å². The van der Waals surface area contributed by atoms with E-state index in [1.807, 2.05) is 53.1 Å². The van der Waals surface area contributed by atoms with E-state index in [1.54, 1.807) is 21.9 Å². The van der Waals surface area contributed by atoms with Crippen molar-refractivity contribution in [3.05, 3.63) is 35.9 Å². The molecule has 6 atom stereocenters. The molecule has 3 amide bonds. The summed E-state index contributed by atoms with van der Waals surface area (Å²) in [6.07, 6.45) is 4.53. The van der Waals surface area contributed by atoms with Gasteiger partial charge in [-0.25, -0.2) is 4.79 Å². The number of hydrogen-bond donors (Lipinski definition) is 1. The number of ether oxygens (including phenoxy) is 2. The number of piperidine rings is 1. The first kappa shape index (κ1) is 40.3. The molecule has 0 bridgehead atoms. The molecule has 284 valence electrons. The smallest absolute Gasteiger partial charge is 0.329 e. The number of likely N-dealkylation sites (N-methyl/N-ethyl adjacent to an activating group) is 2. The van der Waals surface area contributed by atoms with E-state index in [-0.39, 0.29) is 42.1 Å². The lowest BCUT2D eigenvalue weighted by Gasteiger charge is -2.41. The highest BCUT2D eigenvalue weighted by atomic mass is 16.6. The number of benzene rings is 1. The molecule has 3 aliphatic rings. The third-order valence-corrected chi connectivity index (χ3v) is 11.0. The van der Waals surface area contributed by atoms with Crippen LogP contribution >= 0.6 is 0 Å². The molecule has 0 aromatic heterocycles. The Bertz CT molecular complexity index is 1370. The van der Waals surface area contributed by atoms with Crippen LogP contribution < -0.4 is 5.32 Å². The molecule has 12 heteroatoms. The topological polar surface area (TPSA) is 129 Å². The molecule has 0 radical (unpaired) electrons. The van der Waals surface area contributed by atoms with Gasteiger partial charge in [-0.1, -0.05) is 71.4 Å². The fourth-order valence-electron chi connectivity index (χ4n) is 7.82. The van der Waals surface area contributed by atoms with E-state index in [2.05, 4.69) is 29.0 Å². The van der Waals surface area contributed by atoms with E-state index in [0.29, 0.717) is 44.5 Å². The summed E-state index contributed by atoms with van der Waals surface area (Å²) in [4.78, 5) is 75.4. The Hall–Kier alpha value is -3.51. The molecule has 1 unspecified atom stereocenters. The van der Waals surface area contributed by atoms with E-state index in [1.165, 1.54) is 7.11 Å². The number of nitrogens with zero attached hydrogens (tertiary/aromatic N) is 4. The number of methoxy groups -OCH3 is 1. The molecular formula is C39H61N5O7. The van der Waals surface area contributed by atoms with Crippen molar-refractivity contribution in [1.29, 1.82) is 0 Å². The standard InChI is InChI=1S/C39H61N5O7/c1-26(2)31(42(7)37(48)34(39(3,4)5)40-35(46)28-18-12-13-21-41(28)6)25-43-22-14-19-29(43)36(47)44-23-15-20-30(44)38(49)51-32(24-33(45)50-8)27-16-10-9-11-17-27/h9-11,16-17,26,28-32,34H,12-15,18-25H2,1-8H3,(H,40,46)/t28?,29-,30-,31+,32-,34+/m0/s1. The Balaban J connectivity index is 1.45. The lowest BCUT2D eigenvalue weighted by Crippen LogP contribution is -2.61. The second kappa shape index (κ2) is 17.8. The number of rotatable bonds is 13. The molecule has 12 nitrogen and oxygen atoms in total. The van der Waals surface area contributed by atoms with Crippen LogP contribution in [0, 0.1) is 11.3 Å². The Morgan fingerprint density at radius 1 is 0.902 bits per heavy atom. The Morgan fingerprint density at radius 2 is 1.55 bits per heavy atom. The van der Waals surface area contributed by atoms with Crippen molar-refractivity contribution in [2.45, 2.75) is 122 Å². The first-order valence-electron chi connectivity index (χ1n) is 18.8. The summed E-state index contributed by atoms with van der Waals surface area (Å²) in [5.41, 5.74) is 0.166. The van der Waals surface area contributed by atoms with Crippen molar-refractivity contribution in [2.24, 2.45) is 11.3 Å². The van der Waals surface area contributed by atoms with Crippen LogP contribution in [0.15, 0.2) is 30.3 Å². The first-order valence-corrected chi connectivity index (χ1v) is 18.8. The van der Waals surface area contributed by atoms with E-state index in [4.69, 9.17) is 9.47 Å². The zero-order chi connectivity index (χ0) is 37.5. The number of carbonyl (C=O) groups excluding carboxylic acids is 5. The van der Waals surface area contributed by atoms with Crippen LogP contribution in [-0.2, 0) is 33.4 Å². The van der Waals surface area contributed by atoms with Crippen LogP contribution in [0.1, 0.15) is 97.7 Å². The van der Waals surface area contributed by atoms with Gasteiger partial charge in [-0.3, -0.25) is 29.0 Å². The average Bonchev–Trinajstić information content (AvgIpc) is 3.78. The third kappa shape index (κ3) is 10.1. The van der Waals surface area contributed by atoms with Gasteiger partial charge in [-0.05, 0) is 75.6 Å². The molecule has 0 aliphatic carbocycles. The van der Waals surface area contributed by atoms with Crippen LogP contribution in [0.2, 0.25) is 0 Å². The lowest BCUT2D eigenvalue weighted by molar-refractivity contribution is -0.162. The molecule has 3 fully saturated rings. The molecule has 3 aliphatic heterocycles. The van der Waals surface area contributed by atoms with Crippen molar-refractivity contribution in [2.75, 3.05) is 47.4 Å². The van der Waals surface area contributed by atoms with E-state index in [9.17, 15) is 24.0 Å². The van der Waals surface area contributed by atoms with E-state index in [0.717, 1.165) is 32.2 Å². The quantitative estimate of drug-likeness (QED) is 0.304. The molecule has 1 N–H and O–H groups in total. The van der Waals surface area contributed by atoms with Gasteiger partial charge in [0, 0.05) is 26.2 Å². The van der Waals surface area contributed by atoms with E-state index >= 15 is 0 Å². The summed E-state index contributed by atoms with van der Waals surface area (Å²) in [6, 6.07) is 6.74. The SMILES string of the molecule is COC(=O)C[C@H](OC(=O)[C@@H]1CCCN1C(=O)[C@@H]1CCCN1C[C@H](C(C)C)N(C)C(=O)[C@@H](NC(=O)C1CCCCN1C)C(C)(C)C)c1ccccc1. The zero-order valence-corrected chi connectivity index (χ0v) is 32.1. The number of carbonyl (C=O) groups is 5. The van der Waals surface area contributed by atoms with Crippen LogP contribution in [0.25, 0.3) is 0 Å². The minimum Gasteiger partial charge on any atom is -0.469 e. The molecule has 0 saturated carbocycles. The minimum atomic E-state index is -0.822. The lowest BCUT2D eigenvalue weighted by atomic mass is 9.84. The van der Waals surface area contributed by atoms with Crippen molar-refractivity contribution in [1.82, 2.24) is 24.9 Å². The normalized spacial score (nSPS) is 23.4. The fraction of sp³-hybridized carbons (Fsp3) is 0.718. The highest BCUT2D eigenvalue weighted by Crippen LogP contribution is 2.30. The maximum Gasteiger partial charge on any atom is 0.329 e. The van der Waals surface area contributed by atoms with Crippen LogP contribution in [0.3, 0.4) is 0 Å². The van der Waals surface area contributed by atoms with Gasteiger partial charge >= 0.3 is 11.9 Å². The summed E-state index contributed by atoms with van der Waals surface area (Å²) in [5, 5.41) is 3.13. The minimum absolute atomic E-state index is 0.0790. The van der Waals surface area contributed by atoms with Gasteiger partial charge in [0.15, 0.2) is 0 Å². The van der Waals surface area contributed by atoms with Gasteiger partial charge in [0.1, 0.15) is 18.2 Å². The molecule has 51 heavy (non-hydrogen) atoms. The predicted octanol–water partition coefficient (Wildman–Crippen LogP) is 3.79. The maximum atomic E-state index is 14.3. The highest BCUT2D eigenvalue weighted by molar-refractivity contribution is 5.91. The maximum absolute atomic E-state index is 14.3. The molecule has 1 aromatic carbocycles. The van der Waals surface area contributed by atoms with Crippen molar-refractivity contribution >= 4 is 29.7 Å². The largest absolute Gasteiger partial charge is 0.469 e. The van der Waals surface area contributed by atoms with Crippen LogP contribution in [-0.4, -0.2) is 127 Å². The zero-order valence-electron chi connectivity index (χ0n) is 32.1. The second-order valence-electron chi connectivity index (χ2n) is 16.0. The summed E-state index contributed by atoms with van der Waals surface area (Å²) < 4.78 is 10.8. The van der Waals surface area contributed by atoms with Crippen molar-refractivity contribution in [3.8, 4) is 0 Å². The molecule has 0 spiro atoms. The summed E-state index contributed by atoms with van der Waals surface area (Å²) >= 11 is 0. The summed E-state index contributed by atoms with van der Waals surface area (Å²) in [7, 11) is 5.07. The predicted molar refractivity (Wildman–Crippen MR) is 194 cm³/mol. The van der Waals surface area contributed by atoms with E-state index < -0.39 is 41.6 Å². The number of amides is 3. The van der Waals surface area contributed by atoms with Crippen molar-refractivity contribution in [3.63, 3.8) is 0 Å². The molecule has 3 heterocycles. The number of likely N-dealkylation sites (tertiary alicyclic amines) is 3. The van der Waals surface area contributed by atoms with Gasteiger partial charge in [-0.15, -0.1) is 0 Å². The van der Waals surface area contributed by atoms with Gasteiger partial charge in [0.25, 0.3) is 0 Å². The second-order valence-corrected chi connectivity index (χ2v) is 16.0. The van der Waals surface area contributed by atoms with Gasteiger partial charge in [0.05, 0.1) is 25.6 Å². The average molecular weight is 712 g/mol. The Kier molecular flexibility index (Phi) is 14.1.